The smallest absolute Gasteiger partial charge is 0.279 e. The van der Waals surface area contributed by atoms with Crippen LogP contribution in [0.5, 0.6) is 0 Å². The van der Waals surface area contributed by atoms with Crippen molar-refractivity contribution < 1.29 is 18.7 Å². The summed E-state index contributed by atoms with van der Waals surface area (Å²) in [5.74, 6) is -0.862. The van der Waals surface area contributed by atoms with Crippen molar-refractivity contribution in [2.24, 2.45) is 0 Å². The molecule has 100 valence electrons. The van der Waals surface area contributed by atoms with Gasteiger partial charge in [0, 0.05) is 12.6 Å². The topological polar surface area (TPSA) is 171 Å². The number of rotatable bonds is 2. The predicted molar refractivity (Wildman–Crippen MR) is 64.8 cm³/mol. The number of amides is 1. The lowest BCUT2D eigenvalue weighted by molar-refractivity contribution is -0.122. The monoisotopic (exact) mass is 274 g/mol. The Morgan fingerprint density at radius 1 is 1.33 bits per heavy atom. The number of carbonyl (C=O) groups is 1. The highest BCUT2D eigenvalue weighted by molar-refractivity contribution is 7.89. The highest BCUT2D eigenvalue weighted by Crippen LogP contribution is 2.16. The van der Waals surface area contributed by atoms with Gasteiger partial charge in [-0.25, -0.2) is 0 Å². The number of nitrogens with zero attached hydrogens (tertiary/aromatic N) is 2. The van der Waals surface area contributed by atoms with Gasteiger partial charge in [0.2, 0.25) is 12.1 Å². The molecular weight excluding hydrogens is 260 g/mol. The van der Waals surface area contributed by atoms with Gasteiger partial charge in [0.05, 0.1) is 4.90 Å². The molecule has 8 nitrogen and oxygen atoms in total. The molecule has 0 heterocycles. The molecule has 1 aromatic rings. The Hall–Kier alpha value is -2.15. The van der Waals surface area contributed by atoms with Crippen molar-refractivity contribution in [2.45, 2.75) is 11.8 Å². The van der Waals surface area contributed by atoms with Crippen LogP contribution in [0.3, 0.4) is 0 Å². The van der Waals surface area contributed by atoms with Crippen LogP contribution in [0.15, 0.2) is 29.2 Å². The zero-order valence-corrected chi connectivity index (χ0v) is 10.4. The Morgan fingerprint density at radius 3 is 2.11 bits per heavy atom. The molecule has 0 aromatic heterocycles. The molecule has 0 aliphatic rings. The van der Waals surface area contributed by atoms with E-state index in [-0.39, 0.29) is 20.8 Å². The quantitative estimate of drug-likeness (QED) is 0.422. The summed E-state index contributed by atoms with van der Waals surface area (Å²) in [5.41, 5.74) is 5.79. The zero-order valence-electron chi connectivity index (χ0n) is 9.62. The van der Waals surface area contributed by atoms with Gasteiger partial charge in [0.15, 0.2) is 0 Å². The Balaban J connectivity index is 0. The molecule has 1 aromatic carbocycles. The number of carbonyl (C=O) groups excluding carboxylic acids is 1. The van der Waals surface area contributed by atoms with Crippen molar-refractivity contribution in [1.29, 1.82) is 5.26 Å². The number of hydrogen-bond donors (Lipinski definition) is 2. The Bertz CT molecular complexity index is 547. The van der Waals surface area contributed by atoms with Crippen molar-refractivity contribution in [1.82, 2.24) is 10.5 Å². The van der Waals surface area contributed by atoms with Crippen LogP contribution >= 0.6 is 0 Å². The molecule has 0 aliphatic carbocycles. The van der Waals surface area contributed by atoms with Gasteiger partial charge in [0.25, 0.3) is 10.0 Å². The summed E-state index contributed by atoms with van der Waals surface area (Å²) in [6, 6.07) is 5.22. The van der Waals surface area contributed by atoms with Crippen LogP contribution in [0.25, 0.3) is 0 Å². The molecule has 0 saturated heterocycles. The van der Waals surface area contributed by atoms with Crippen molar-refractivity contribution >= 4 is 21.6 Å². The summed E-state index contributed by atoms with van der Waals surface area (Å²) in [5, 5.41) is 8.60. The summed E-state index contributed by atoms with van der Waals surface area (Å²) >= 11 is 0. The highest BCUT2D eigenvalue weighted by atomic mass is 32.2. The number of benzene rings is 1. The zero-order chi connectivity index (χ0) is 12.3. The second-order valence-electron chi connectivity index (χ2n) is 2.96. The van der Waals surface area contributed by atoms with E-state index in [0.29, 0.717) is 5.69 Å². The van der Waals surface area contributed by atoms with Gasteiger partial charge in [0.1, 0.15) is 0 Å². The maximum absolute atomic E-state index is 11.8. The summed E-state index contributed by atoms with van der Waals surface area (Å²) in [6.45, 7) is 0.998. The molecule has 0 spiro atoms. The first kappa shape index (κ1) is 18.2. The van der Waals surface area contributed by atoms with Gasteiger partial charge in [-0.05, 0) is 24.3 Å². The third kappa shape index (κ3) is 3.42. The third-order valence-corrected chi connectivity index (χ3v) is 3.48. The fraction of sp³-hybridized carbons (Fsp3) is 0.111. The van der Waals surface area contributed by atoms with Crippen LogP contribution in [-0.4, -0.2) is 24.1 Å². The number of hydrogen-bond acceptors (Lipinski definition) is 6. The summed E-state index contributed by atoms with van der Waals surface area (Å²) in [4.78, 5) is 10.8. The molecule has 1 amide bonds. The van der Waals surface area contributed by atoms with Gasteiger partial charge in [-0.1, -0.05) is 0 Å². The van der Waals surface area contributed by atoms with Crippen molar-refractivity contribution in [3.05, 3.63) is 24.3 Å². The minimum atomic E-state index is -4.10. The van der Waals surface area contributed by atoms with Crippen molar-refractivity contribution in [2.75, 3.05) is 5.73 Å². The third-order valence-electron chi connectivity index (χ3n) is 1.80. The van der Waals surface area contributed by atoms with E-state index in [1.807, 2.05) is 0 Å². The fourth-order valence-corrected chi connectivity index (χ4v) is 2.18. The van der Waals surface area contributed by atoms with Crippen LogP contribution in [0.1, 0.15) is 6.92 Å². The van der Waals surface area contributed by atoms with Crippen LogP contribution in [0.4, 0.5) is 5.69 Å². The summed E-state index contributed by atoms with van der Waals surface area (Å²) in [6.07, 6.45) is 1.32. The van der Waals surface area contributed by atoms with E-state index >= 15 is 0 Å². The molecule has 0 unspecified atom stereocenters. The lowest BCUT2D eigenvalue weighted by Crippen LogP contribution is -2.30. The van der Waals surface area contributed by atoms with Crippen molar-refractivity contribution in [3.8, 4) is 6.19 Å². The summed E-state index contributed by atoms with van der Waals surface area (Å²) < 4.78 is 23.6. The molecule has 0 radical (unpaired) electrons. The van der Waals surface area contributed by atoms with E-state index < -0.39 is 15.9 Å². The predicted octanol–water partition coefficient (Wildman–Crippen LogP) is -0.376. The molecule has 7 N–H and O–H groups in total. The van der Waals surface area contributed by atoms with Crippen LogP contribution in [0, 0.1) is 11.5 Å². The van der Waals surface area contributed by atoms with Crippen molar-refractivity contribution in [3.63, 3.8) is 0 Å². The van der Waals surface area contributed by atoms with E-state index in [1.54, 1.807) is 0 Å². The standard InChI is InChI=1S/C9H9N3O3S.H3N.H2O/c1-7(13)12(6-10)16(14,15)9-4-2-8(11)3-5-9;;/h2-5H,11H2,1H3;1H3;1H2. The number of anilines is 1. The second-order valence-corrected chi connectivity index (χ2v) is 4.74. The minimum absolute atomic E-state index is 0. The maximum atomic E-state index is 11.8. The number of nitriles is 1. The van der Waals surface area contributed by atoms with E-state index in [4.69, 9.17) is 11.0 Å². The first-order valence-corrected chi connectivity index (χ1v) is 5.65. The first-order valence-electron chi connectivity index (χ1n) is 4.21. The molecule has 0 saturated carbocycles. The van der Waals surface area contributed by atoms with Gasteiger partial charge >= 0.3 is 0 Å². The van der Waals surface area contributed by atoms with E-state index in [2.05, 4.69) is 0 Å². The van der Waals surface area contributed by atoms with E-state index in [0.717, 1.165) is 6.92 Å². The fourth-order valence-electron chi connectivity index (χ4n) is 1.04. The average molecular weight is 274 g/mol. The Labute approximate surface area is 105 Å². The second kappa shape index (κ2) is 6.55. The molecular formula is C9H14N4O4S. The lowest BCUT2D eigenvalue weighted by atomic mass is 10.3. The number of nitrogen functional groups attached to an aromatic ring is 1. The van der Waals surface area contributed by atoms with Crippen LogP contribution in [0.2, 0.25) is 0 Å². The minimum Gasteiger partial charge on any atom is -0.412 e. The molecule has 0 bridgehead atoms. The molecule has 9 heteroatoms. The molecule has 0 fully saturated rings. The van der Waals surface area contributed by atoms with E-state index in [1.165, 1.54) is 30.5 Å². The van der Waals surface area contributed by atoms with Gasteiger partial charge < -0.3 is 17.4 Å². The van der Waals surface area contributed by atoms with E-state index in [9.17, 15) is 13.2 Å². The Morgan fingerprint density at radius 2 is 1.78 bits per heavy atom. The summed E-state index contributed by atoms with van der Waals surface area (Å²) in [7, 11) is -4.10. The largest absolute Gasteiger partial charge is 0.412 e. The van der Waals surface area contributed by atoms with Crippen LogP contribution in [-0.2, 0) is 14.8 Å². The number of nitrogens with two attached hydrogens (primary N) is 1. The maximum Gasteiger partial charge on any atom is 0.279 e. The SMILES string of the molecule is CC(=O)N(C#N)S(=O)(=O)c1ccc(N)cc1.N.O. The molecule has 0 aliphatic heterocycles. The lowest BCUT2D eigenvalue weighted by Gasteiger charge is -2.11. The molecule has 1 rings (SSSR count). The van der Waals surface area contributed by atoms with Gasteiger partial charge in [-0.3, -0.25) is 4.79 Å². The van der Waals surface area contributed by atoms with Crippen LogP contribution < -0.4 is 11.9 Å². The first-order chi connectivity index (χ1) is 7.39. The molecule has 18 heavy (non-hydrogen) atoms. The van der Waals surface area contributed by atoms with Gasteiger partial charge in [-0.2, -0.15) is 13.7 Å². The molecule has 0 atom stereocenters. The Kier molecular flexibility index (Phi) is 6.63. The number of sulfonamides is 1. The average Bonchev–Trinajstić information content (AvgIpc) is 2.18. The highest BCUT2D eigenvalue weighted by Gasteiger charge is 2.26. The van der Waals surface area contributed by atoms with Gasteiger partial charge in [-0.15, -0.1) is 4.31 Å². The normalized spacial score (nSPS) is 9.33.